The smallest absolute Gasteiger partial charge is 0.240 e. The quantitative estimate of drug-likeness (QED) is 0.806. The molecule has 2 aliphatic rings. The Bertz CT molecular complexity index is 862. The Morgan fingerprint density at radius 3 is 2.08 bits per heavy atom. The predicted octanol–water partition coefficient (Wildman–Crippen LogP) is 3.47. The molecule has 0 spiro atoms. The minimum Gasteiger partial charge on any atom is -0.486 e. The van der Waals surface area contributed by atoms with Gasteiger partial charge >= 0.3 is 0 Å². The zero-order valence-corrected chi connectivity index (χ0v) is 14.6. The van der Waals surface area contributed by atoms with E-state index in [1.54, 1.807) is 42.5 Å². The highest BCUT2D eigenvalue weighted by molar-refractivity contribution is 6.30. The fourth-order valence-corrected chi connectivity index (χ4v) is 2.96. The molecule has 1 aliphatic heterocycles. The molecule has 0 saturated heterocycles. The third-order valence-corrected chi connectivity index (χ3v) is 4.77. The van der Waals surface area contributed by atoms with Crippen molar-refractivity contribution in [1.29, 1.82) is 0 Å². The lowest BCUT2D eigenvalue weighted by Crippen LogP contribution is -2.35. The molecular formula is C19H17ClN2O4. The van der Waals surface area contributed by atoms with Crippen LogP contribution in [0.4, 0.5) is 11.4 Å². The number of benzene rings is 2. The van der Waals surface area contributed by atoms with Crippen LogP contribution in [0, 0.1) is 5.41 Å². The van der Waals surface area contributed by atoms with E-state index in [1.807, 2.05) is 0 Å². The zero-order valence-electron chi connectivity index (χ0n) is 13.9. The standard InChI is InChI=1S/C19H17ClN2O4/c20-12-1-3-13(4-2-12)21-17(23)19(7-8-19)18(24)22-14-5-6-15-16(11-14)26-10-9-25-15/h1-6,11H,7-10H2,(H,21,23)(H,22,24). The third-order valence-electron chi connectivity index (χ3n) is 4.52. The fourth-order valence-electron chi connectivity index (χ4n) is 2.84. The average Bonchev–Trinajstić information content (AvgIpc) is 3.46. The van der Waals surface area contributed by atoms with E-state index in [9.17, 15) is 9.59 Å². The first-order valence-electron chi connectivity index (χ1n) is 8.35. The molecule has 0 radical (unpaired) electrons. The topological polar surface area (TPSA) is 76.7 Å². The van der Waals surface area contributed by atoms with Gasteiger partial charge in [-0.15, -0.1) is 0 Å². The summed E-state index contributed by atoms with van der Waals surface area (Å²) in [4.78, 5) is 25.3. The molecule has 6 nitrogen and oxygen atoms in total. The highest BCUT2D eigenvalue weighted by Gasteiger charge is 2.56. The first-order chi connectivity index (χ1) is 12.6. The highest BCUT2D eigenvalue weighted by atomic mass is 35.5. The maximum absolute atomic E-state index is 12.7. The second-order valence-corrected chi connectivity index (χ2v) is 6.79. The summed E-state index contributed by atoms with van der Waals surface area (Å²) in [7, 11) is 0. The van der Waals surface area contributed by atoms with Crippen LogP contribution in [-0.4, -0.2) is 25.0 Å². The van der Waals surface area contributed by atoms with Crippen molar-refractivity contribution in [2.24, 2.45) is 5.41 Å². The van der Waals surface area contributed by atoms with E-state index in [-0.39, 0.29) is 11.8 Å². The molecule has 2 aromatic carbocycles. The van der Waals surface area contributed by atoms with Crippen LogP contribution in [0.15, 0.2) is 42.5 Å². The summed E-state index contributed by atoms with van der Waals surface area (Å²) < 4.78 is 11.0. The first-order valence-corrected chi connectivity index (χ1v) is 8.73. The van der Waals surface area contributed by atoms with Crippen LogP contribution >= 0.6 is 11.6 Å². The van der Waals surface area contributed by atoms with Crippen molar-refractivity contribution >= 4 is 34.8 Å². The van der Waals surface area contributed by atoms with Crippen LogP contribution in [0.5, 0.6) is 11.5 Å². The molecule has 1 aliphatic carbocycles. The molecule has 2 aromatic rings. The summed E-state index contributed by atoms with van der Waals surface area (Å²) in [5.41, 5.74) is 0.148. The minimum atomic E-state index is -1.03. The lowest BCUT2D eigenvalue weighted by atomic mass is 10.0. The molecule has 26 heavy (non-hydrogen) atoms. The van der Waals surface area contributed by atoms with Crippen molar-refractivity contribution in [2.75, 3.05) is 23.8 Å². The van der Waals surface area contributed by atoms with E-state index in [4.69, 9.17) is 21.1 Å². The van der Waals surface area contributed by atoms with E-state index in [0.29, 0.717) is 54.0 Å². The Kier molecular flexibility index (Phi) is 4.20. The Hall–Kier alpha value is -2.73. The number of nitrogens with one attached hydrogen (secondary N) is 2. The number of fused-ring (bicyclic) bond motifs is 1. The molecule has 1 saturated carbocycles. The van der Waals surface area contributed by atoms with Gasteiger partial charge in [-0.2, -0.15) is 0 Å². The van der Waals surface area contributed by atoms with Gasteiger partial charge in [-0.3, -0.25) is 9.59 Å². The van der Waals surface area contributed by atoms with Gasteiger partial charge in [-0.1, -0.05) is 11.6 Å². The van der Waals surface area contributed by atoms with Crippen molar-refractivity contribution in [3.8, 4) is 11.5 Å². The van der Waals surface area contributed by atoms with Crippen LogP contribution in [0.3, 0.4) is 0 Å². The van der Waals surface area contributed by atoms with E-state index in [1.165, 1.54) is 0 Å². The molecule has 1 fully saturated rings. The van der Waals surface area contributed by atoms with E-state index < -0.39 is 5.41 Å². The van der Waals surface area contributed by atoms with Crippen LogP contribution in [0.25, 0.3) is 0 Å². The van der Waals surface area contributed by atoms with Gasteiger partial charge in [-0.05, 0) is 49.2 Å². The molecule has 0 aromatic heterocycles. The van der Waals surface area contributed by atoms with Crippen molar-refractivity contribution in [1.82, 2.24) is 0 Å². The van der Waals surface area contributed by atoms with Crippen LogP contribution in [-0.2, 0) is 9.59 Å². The zero-order chi connectivity index (χ0) is 18.1. The van der Waals surface area contributed by atoms with Gasteiger partial charge in [0, 0.05) is 22.5 Å². The summed E-state index contributed by atoms with van der Waals surface area (Å²) in [6.45, 7) is 0.977. The van der Waals surface area contributed by atoms with Crippen LogP contribution in [0.2, 0.25) is 5.02 Å². The Morgan fingerprint density at radius 1 is 0.846 bits per heavy atom. The number of hydrogen-bond donors (Lipinski definition) is 2. The number of amides is 2. The second kappa shape index (κ2) is 6.53. The lowest BCUT2D eigenvalue weighted by molar-refractivity contribution is -0.131. The fraction of sp³-hybridized carbons (Fsp3) is 0.263. The number of hydrogen-bond acceptors (Lipinski definition) is 4. The Labute approximate surface area is 155 Å². The number of anilines is 2. The average molecular weight is 373 g/mol. The maximum atomic E-state index is 12.7. The molecule has 2 amide bonds. The Morgan fingerprint density at radius 2 is 1.42 bits per heavy atom. The molecule has 4 rings (SSSR count). The number of rotatable bonds is 4. The van der Waals surface area contributed by atoms with Crippen molar-refractivity contribution in [3.05, 3.63) is 47.5 Å². The summed E-state index contributed by atoms with van der Waals surface area (Å²) in [6.07, 6.45) is 1.03. The number of halogens is 1. The van der Waals surface area contributed by atoms with Gasteiger partial charge in [0.05, 0.1) is 0 Å². The molecule has 0 bridgehead atoms. The molecular weight excluding hydrogens is 356 g/mol. The highest BCUT2D eigenvalue weighted by Crippen LogP contribution is 2.47. The maximum Gasteiger partial charge on any atom is 0.240 e. The molecule has 1 heterocycles. The SMILES string of the molecule is O=C(Nc1ccc(Cl)cc1)C1(C(=O)Nc2ccc3c(c2)OCCO3)CC1. The molecule has 2 N–H and O–H groups in total. The van der Waals surface area contributed by atoms with Gasteiger partial charge in [0.15, 0.2) is 11.5 Å². The summed E-state index contributed by atoms with van der Waals surface area (Å²) in [5.74, 6) is 0.607. The van der Waals surface area contributed by atoms with Gasteiger partial charge in [0.2, 0.25) is 11.8 Å². The van der Waals surface area contributed by atoms with Crippen molar-refractivity contribution in [2.45, 2.75) is 12.8 Å². The van der Waals surface area contributed by atoms with Crippen LogP contribution in [0.1, 0.15) is 12.8 Å². The van der Waals surface area contributed by atoms with Gasteiger partial charge in [-0.25, -0.2) is 0 Å². The van der Waals surface area contributed by atoms with Gasteiger partial charge < -0.3 is 20.1 Å². The predicted molar refractivity (Wildman–Crippen MR) is 97.8 cm³/mol. The van der Waals surface area contributed by atoms with Crippen molar-refractivity contribution in [3.63, 3.8) is 0 Å². The van der Waals surface area contributed by atoms with Gasteiger partial charge in [0.25, 0.3) is 0 Å². The third kappa shape index (κ3) is 3.20. The monoisotopic (exact) mass is 372 g/mol. The lowest BCUT2D eigenvalue weighted by Gasteiger charge is -2.20. The molecule has 0 atom stereocenters. The normalized spacial score (nSPS) is 16.5. The first kappa shape index (κ1) is 16.7. The van der Waals surface area contributed by atoms with E-state index in [0.717, 1.165) is 0 Å². The molecule has 134 valence electrons. The van der Waals surface area contributed by atoms with E-state index >= 15 is 0 Å². The minimum absolute atomic E-state index is 0.310. The van der Waals surface area contributed by atoms with Crippen LogP contribution < -0.4 is 20.1 Å². The molecule has 7 heteroatoms. The summed E-state index contributed by atoms with van der Waals surface area (Å²) in [6, 6.07) is 12.0. The number of ether oxygens (including phenoxy) is 2. The van der Waals surface area contributed by atoms with E-state index in [2.05, 4.69) is 10.6 Å². The van der Waals surface area contributed by atoms with Crippen molar-refractivity contribution < 1.29 is 19.1 Å². The largest absolute Gasteiger partial charge is 0.486 e. The Balaban J connectivity index is 1.45. The van der Waals surface area contributed by atoms with Gasteiger partial charge in [0.1, 0.15) is 18.6 Å². The number of carbonyl (C=O) groups excluding carboxylic acids is 2. The summed E-state index contributed by atoms with van der Waals surface area (Å²) in [5, 5.41) is 6.18. The molecule has 0 unspecified atom stereocenters. The number of carbonyl (C=O) groups is 2. The second-order valence-electron chi connectivity index (χ2n) is 6.36. The summed E-state index contributed by atoms with van der Waals surface area (Å²) >= 11 is 5.85.